The number of nitrogens with zero attached hydrogens (tertiary/aromatic N) is 2. The summed E-state index contributed by atoms with van der Waals surface area (Å²) in [5, 5.41) is 2.73. The maximum absolute atomic E-state index is 13.7. The summed E-state index contributed by atoms with van der Waals surface area (Å²) in [6.07, 6.45) is -0.0173. The molecule has 1 aliphatic rings. The van der Waals surface area contributed by atoms with Gasteiger partial charge in [-0.05, 0) is 79.1 Å². The van der Waals surface area contributed by atoms with Gasteiger partial charge in [-0.1, -0.05) is 48.5 Å². The molecule has 42 heavy (non-hydrogen) atoms. The second-order valence-corrected chi connectivity index (χ2v) is 10.2. The van der Waals surface area contributed by atoms with Crippen molar-refractivity contribution in [2.75, 3.05) is 22.2 Å². The van der Waals surface area contributed by atoms with Crippen LogP contribution in [0.1, 0.15) is 47.8 Å². The molecule has 4 aromatic carbocycles. The summed E-state index contributed by atoms with van der Waals surface area (Å²) in [4.78, 5) is 42.6. The van der Waals surface area contributed by atoms with E-state index in [0.29, 0.717) is 29.1 Å². The Morgan fingerprint density at radius 2 is 1.55 bits per heavy atom. The van der Waals surface area contributed by atoms with Gasteiger partial charge in [0.15, 0.2) is 0 Å². The number of amides is 3. The number of para-hydroxylation sites is 1. The van der Waals surface area contributed by atoms with Crippen LogP contribution in [0.25, 0.3) is 0 Å². The molecule has 0 saturated heterocycles. The fourth-order valence-electron chi connectivity index (χ4n) is 5.37. The number of benzene rings is 4. The Bertz CT molecular complexity index is 1550. The smallest absolute Gasteiger partial charge is 0.411 e. The lowest BCUT2D eigenvalue weighted by Gasteiger charge is -2.43. The lowest BCUT2D eigenvalue weighted by molar-refractivity contribution is -0.117. The number of ether oxygens (including phenoxy) is 2. The summed E-state index contributed by atoms with van der Waals surface area (Å²) in [7, 11) is 1.59. The second kappa shape index (κ2) is 12.6. The third-order valence-corrected chi connectivity index (χ3v) is 7.37. The molecule has 1 heterocycles. The van der Waals surface area contributed by atoms with E-state index in [4.69, 9.17) is 9.47 Å². The molecule has 214 valence electrons. The standard InChI is InChI=1S/C34H33N3O5/c1-23-21-32(30-11-7-8-12-31(30)36(23)33(39)26-13-19-29(41-3)20-14-26)37(24(2)38)28-17-15-27(16-18-28)35-34(40)42-22-25-9-5-4-6-10-25/h4-20,23,32H,21-22H2,1-3H3,(H,35,40)/t23-,32+/m1/s1. The molecule has 8 nitrogen and oxygen atoms in total. The van der Waals surface area contributed by atoms with Crippen molar-refractivity contribution in [2.45, 2.75) is 39.0 Å². The number of methoxy groups -OCH3 is 1. The monoisotopic (exact) mass is 563 g/mol. The zero-order valence-corrected chi connectivity index (χ0v) is 23.8. The summed E-state index contributed by atoms with van der Waals surface area (Å²) in [5.74, 6) is 0.445. The predicted molar refractivity (Wildman–Crippen MR) is 163 cm³/mol. The molecule has 1 aliphatic heterocycles. The molecule has 5 rings (SSSR count). The first-order valence-corrected chi connectivity index (χ1v) is 13.8. The topological polar surface area (TPSA) is 88.2 Å². The Hall–Kier alpha value is -5.11. The van der Waals surface area contributed by atoms with E-state index in [1.807, 2.05) is 61.5 Å². The van der Waals surface area contributed by atoms with E-state index in [1.54, 1.807) is 65.4 Å². The minimum absolute atomic E-state index is 0.111. The van der Waals surface area contributed by atoms with Gasteiger partial charge in [-0.3, -0.25) is 14.9 Å². The van der Waals surface area contributed by atoms with Crippen molar-refractivity contribution >= 4 is 35.0 Å². The van der Waals surface area contributed by atoms with Crippen molar-refractivity contribution in [3.63, 3.8) is 0 Å². The minimum Gasteiger partial charge on any atom is -0.497 e. The number of hydrogen-bond donors (Lipinski definition) is 1. The summed E-state index contributed by atoms with van der Waals surface area (Å²) in [6, 6.07) is 30.9. The van der Waals surface area contributed by atoms with E-state index in [9.17, 15) is 14.4 Å². The highest BCUT2D eigenvalue weighted by atomic mass is 16.5. The third-order valence-electron chi connectivity index (χ3n) is 7.37. The first-order valence-electron chi connectivity index (χ1n) is 13.8. The molecule has 0 spiro atoms. The number of hydrogen-bond acceptors (Lipinski definition) is 5. The number of anilines is 3. The predicted octanol–water partition coefficient (Wildman–Crippen LogP) is 6.98. The van der Waals surface area contributed by atoms with Crippen LogP contribution < -0.4 is 19.9 Å². The summed E-state index contributed by atoms with van der Waals surface area (Å²) in [5.41, 5.74) is 4.35. The number of fused-ring (bicyclic) bond motifs is 1. The molecule has 0 unspecified atom stereocenters. The van der Waals surface area contributed by atoms with Crippen LogP contribution in [-0.4, -0.2) is 31.1 Å². The van der Waals surface area contributed by atoms with E-state index >= 15 is 0 Å². The molecule has 4 aromatic rings. The summed E-state index contributed by atoms with van der Waals surface area (Å²) in [6.45, 7) is 3.70. The van der Waals surface area contributed by atoms with Gasteiger partial charge in [-0.25, -0.2) is 4.79 Å². The Balaban J connectivity index is 1.35. The lowest BCUT2D eigenvalue weighted by atomic mass is 9.89. The van der Waals surface area contributed by atoms with E-state index in [2.05, 4.69) is 5.32 Å². The Kier molecular flexibility index (Phi) is 8.52. The average molecular weight is 564 g/mol. The van der Waals surface area contributed by atoms with Crippen molar-refractivity contribution in [1.29, 1.82) is 0 Å². The lowest BCUT2D eigenvalue weighted by Crippen LogP contribution is -2.47. The number of rotatable bonds is 7. The molecule has 0 fully saturated rings. The number of carbonyl (C=O) groups excluding carboxylic acids is 3. The first-order chi connectivity index (χ1) is 20.4. The van der Waals surface area contributed by atoms with E-state index in [0.717, 1.165) is 16.8 Å². The molecular weight excluding hydrogens is 530 g/mol. The fraction of sp³-hybridized carbons (Fsp3) is 0.206. The molecule has 8 heteroatoms. The molecule has 0 aromatic heterocycles. The van der Waals surface area contributed by atoms with Gasteiger partial charge in [-0.2, -0.15) is 0 Å². The highest BCUT2D eigenvalue weighted by Gasteiger charge is 2.38. The van der Waals surface area contributed by atoms with Gasteiger partial charge in [0, 0.05) is 35.6 Å². The van der Waals surface area contributed by atoms with Crippen molar-refractivity contribution in [3.8, 4) is 5.75 Å². The van der Waals surface area contributed by atoms with Gasteiger partial charge in [0.25, 0.3) is 5.91 Å². The zero-order chi connectivity index (χ0) is 29.6. The van der Waals surface area contributed by atoms with Gasteiger partial charge in [0.1, 0.15) is 12.4 Å². The van der Waals surface area contributed by atoms with Gasteiger partial charge >= 0.3 is 6.09 Å². The van der Waals surface area contributed by atoms with Crippen molar-refractivity contribution in [3.05, 3.63) is 120 Å². The van der Waals surface area contributed by atoms with Gasteiger partial charge in [-0.15, -0.1) is 0 Å². The Morgan fingerprint density at radius 1 is 0.881 bits per heavy atom. The molecule has 3 amide bonds. The molecular formula is C34H33N3O5. The quantitative estimate of drug-likeness (QED) is 0.262. The zero-order valence-electron chi connectivity index (χ0n) is 23.8. The van der Waals surface area contributed by atoms with Crippen LogP contribution in [-0.2, 0) is 16.1 Å². The van der Waals surface area contributed by atoms with Crippen LogP contribution in [0, 0.1) is 0 Å². The maximum Gasteiger partial charge on any atom is 0.411 e. The maximum atomic E-state index is 13.7. The first kappa shape index (κ1) is 28.4. The largest absolute Gasteiger partial charge is 0.497 e. The molecule has 2 atom stereocenters. The number of carbonyl (C=O) groups is 3. The van der Waals surface area contributed by atoms with E-state index in [1.165, 1.54) is 6.92 Å². The minimum atomic E-state index is -0.563. The van der Waals surface area contributed by atoms with Crippen LogP contribution in [0.2, 0.25) is 0 Å². The van der Waals surface area contributed by atoms with Crippen LogP contribution in [0.5, 0.6) is 5.75 Å². The van der Waals surface area contributed by atoms with Crippen LogP contribution in [0.4, 0.5) is 21.9 Å². The molecule has 0 radical (unpaired) electrons. The number of nitrogens with one attached hydrogen (secondary N) is 1. The molecule has 0 aliphatic carbocycles. The summed E-state index contributed by atoms with van der Waals surface area (Å²) < 4.78 is 10.6. The van der Waals surface area contributed by atoms with E-state index < -0.39 is 6.09 Å². The summed E-state index contributed by atoms with van der Waals surface area (Å²) >= 11 is 0. The van der Waals surface area contributed by atoms with E-state index in [-0.39, 0.29) is 30.5 Å². The van der Waals surface area contributed by atoms with Crippen LogP contribution in [0.3, 0.4) is 0 Å². The Morgan fingerprint density at radius 3 is 2.21 bits per heavy atom. The second-order valence-electron chi connectivity index (χ2n) is 10.2. The van der Waals surface area contributed by atoms with Crippen LogP contribution in [0.15, 0.2) is 103 Å². The third kappa shape index (κ3) is 6.12. The van der Waals surface area contributed by atoms with Crippen molar-refractivity contribution in [2.24, 2.45) is 0 Å². The van der Waals surface area contributed by atoms with Gasteiger partial charge in [0.05, 0.1) is 13.2 Å². The van der Waals surface area contributed by atoms with Gasteiger partial charge in [0.2, 0.25) is 5.91 Å². The molecule has 0 saturated carbocycles. The average Bonchev–Trinajstić information content (AvgIpc) is 3.01. The fourth-order valence-corrected chi connectivity index (χ4v) is 5.37. The van der Waals surface area contributed by atoms with Gasteiger partial charge < -0.3 is 19.3 Å². The molecule has 0 bridgehead atoms. The normalized spacial score (nSPS) is 15.7. The molecule has 1 N–H and O–H groups in total. The highest BCUT2D eigenvalue weighted by Crippen LogP contribution is 2.43. The van der Waals surface area contributed by atoms with Crippen LogP contribution >= 0.6 is 0 Å². The Labute approximate surface area is 245 Å². The highest BCUT2D eigenvalue weighted by molar-refractivity contribution is 6.07. The van der Waals surface area contributed by atoms with Crippen molar-refractivity contribution in [1.82, 2.24) is 0 Å². The van der Waals surface area contributed by atoms with Crippen molar-refractivity contribution < 1.29 is 23.9 Å². The SMILES string of the molecule is COc1ccc(C(=O)N2c3ccccc3[C@@H](N(C(C)=O)c3ccc(NC(=O)OCc4ccccc4)cc3)C[C@H]2C)cc1.